The van der Waals surface area contributed by atoms with E-state index in [0.717, 1.165) is 17.1 Å². The molecule has 1 nitrogen and oxygen atoms in total. The number of fused-ring (bicyclic) bond motifs is 6. The van der Waals surface area contributed by atoms with Gasteiger partial charge in [0.15, 0.2) is 0 Å². The highest BCUT2D eigenvalue weighted by molar-refractivity contribution is 7.25. The van der Waals surface area contributed by atoms with E-state index in [9.17, 15) is 0 Å². The summed E-state index contributed by atoms with van der Waals surface area (Å²) in [5.74, 6) is 0. The van der Waals surface area contributed by atoms with Crippen LogP contribution in [-0.2, 0) is 5.41 Å². The van der Waals surface area contributed by atoms with E-state index in [1.54, 1.807) is 0 Å². The first kappa shape index (κ1) is 37.0. The third-order valence-electron chi connectivity index (χ3n) is 13.0. The maximum Gasteiger partial charge on any atom is 0.0714 e. The molecule has 12 rings (SSSR count). The Morgan fingerprint density at radius 1 is 0.302 bits per heavy atom. The van der Waals surface area contributed by atoms with Crippen LogP contribution in [0.25, 0.3) is 64.7 Å². The monoisotopic (exact) mass is 819 g/mol. The summed E-state index contributed by atoms with van der Waals surface area (Å²) >= 11 is 1.86. The first-order chi connectivity index (χ1) is 31.2. The SMILES string of the molecule is c1ccc(-c2ccc(-c3ccc(N(c4ccc5c(c4)C(c4ccccc4)(c4ccccc4)c4ccccc4-5)c4ccccc4-c4ccc5sc6ccccc6c5c4)cc3)cc2)cc1. The van der Waals surface area contributed by atoms with Gasteiger partial charge in [-0.25, -0.2) is 0 Å². The fourth-order valence-electron chi connectivity index (χ4n) is 10.1. The molecule has 0 saturated heterocycles. The van der Waals surface area contributed by atoms with Gasteiger partial charge in [-0.05, 0) is 110 Å². The van der Waals surface area contributed by atoms with Crippen molar-refractivity contribution >= 4 is 48.6 Å². The summed E-state index contributed by atoms with van der Waals surface area (Å²) in [6.07, 6.45) is 0. The van der Waals surface area contributed by atoms with Crippen molar-refractivity contribution in [3.63, 3.8) is 0 Å². The normalized spacial score (nSPS) is 12.6. The molecule has 0 saturated carbocycles. The fraction of sp³-hybridized carbons (Fsp3) is 0.0164. The summed E-state index contributed by atoms with van der Waals surface area (Å²) in [6.45, 7) is 0. The molecule has 296 valence electrons. The Labute approximate surface area is 372 Å². The summed E-state index contributed by atoms with van der Waals surface area (Å²) in [4.78, 5) is 2.47. The van der Waals surface area contributed by atoms with Crippen molar-refractivity contribution in [3.8, 4) is 44.5 Å². The van der Waals surface area contributed by atoms with Gasteiger partial charge in [0.05, 0.1) is 11.1 Å². The second-order valence-electron chi connectivity index (χ2n) is 16.4. The summed E-state index contributed by atoms with van der Waals surface area (Å²) in [7, 11) is 0. The van der Waals surface area contributed by atoms with E-state index in [1.165, 1.54) is 86.9 Å². The third-order valence-corrected chi connectivity index (χ3v) is 14.1. The van der Waals surface area contributed by atoms with E-state index in [0.29, 0.717) is 0 Å². The predicted octanol–water partition coefficient (Wildman–Crippen LogP) is 16.9. The Kier molecular flexibility index (Phi) is 8.98. The van der Waals surface area contributed by atoms with Crippen molar-refractivity contribution in [2.24, 2.45) is 0 Å². The van der Waals surface area contributed by atoms with Crippen molar-refractivity contribution in [3.05, 3.63) is 271 Å². The average molecular weight is 820 g/mol. The topological polar surface area (TPSA) is 3.24 Å². The zero-order chi connectivity index (χ0) is 41.7. The van der Waals surface area contributed by atoms with Crippen LogP contribution in [0.3, 0.4) is 0 Å². The first-order valence-electron chi connectivity index (χ1n) is 21.7. The van der Waals surface area contributed by atoms with Crippen molar-refractivity contribution in [1.82, 2.24) is 0 Å². The number of anilines is 3. The maximum absolute atomic E-state index is 2.47. The van der Waals surface area contributed by atoms with Gasteiger partial charge in [-0.3, -0.25) is 0 Å². The van der Waals surface area contributed by atoms with Crippen LogP contribution in [0.5, 0.6) is 0 Å². The molecule has 2 heteroatoms. The number of para-hydroxylation sites is 1. The van der Waals surface area contributed by atoms with Gasteiger partial charge in [-0.15, -0.1) is 11.3 Å². The number of thiophene rings is 1. The molecule has 0 atom stereocenters. The van der Waals surface area contributed by atoms with Crippen molar-refractivity contribution in [2.45, 2.75) is 5.41 Å². The fourth-order valence-corrected chi connectivity index (χ4v) is 11.2. The van der Waals surface area contributed by atoms with E-state index >= 15 is 0 Å². The van der Waals surface area contributed by atoms with Gasteiger partial charge in [0.2, 0.25) is 0 Å². The molecule has 1 heterocycles. The molecule has 0 fully saturated rings. The number of benzene rings is 10. The summed E-state index contributed by atoms with van der Waals surface area (Å²) < 4.78 is 2.62. The minimum absolute atomic E-state index is 0.517. The molecular formula is C61H41NS. The van der Waals surface area contributed by atoms with Crippen LogP contribution < -0.4 is 4.90 Å². The number of nitrogens with zero attached hydrogens (tertiary/aromatic N) is 1. The lowest BCUT2D eigenvalue weighted by atomic mass is 9.67. The van der Waals surface area contributed by atoms with E-state index in [-0.39, 0.29) is 0 Å². The van der Waals surface area contributed by atoms with Crippen molar-refractivity contribution in [1.29, 1.82) is 0 Å². The van der Waals surface area contributed by atoms with Gasteiger partial charge < -0.3 is 4.90 Å². The zero-order valence-corrected chi connectivity index (χ0v) is 35.3. The molecule has 1 aliphatic carbocycles. The summed E-state index contributed by atoms with van der Waals surface area (Å²) in [5, 5.41) is 2.60. The molecule has 10 aromatic carbocycles. The largest absolute Gasteiger partial charge is 0.310 e. The predicted molar refractivity (Wildman–Crippen MR) is 268 cm³/mol. The summed E-state index contributed by atoms with van der Waals surface area (Å²) in [5.41, 5.74) is 17.6. The zero-order valence-electron chi connectivity index (χ0n) is 34.5. The van der Waals surface area contributed by atoms with Gasteiger partial charge in [0.1, 0.15) is 0 Å². The second-order valence-corrected chi connectivity index (χ2v) is 17.5. The second kappa shape index (κ2) is 15.3. The van der Waals surface area contributed by atoms with Crippen LogP contribution >= 0.6 is 11.3 Å². The lowest BCUT2D eigenvalue weighted by Crippen LogP contribution is -2.28. The van der Waals surface area contributed by atoms with Crippen LogP contribution in [-0.4, -0.2) is 0 Å². The molecule has 0 spiro atoms. The van der Waals surface area contributed by atoms with Crippen LogP contribution in [0.15, 0.2) is 249 Å². The standard InChI is InChI=1S/C61H41NS/c1-4-16-42(17-5-1)43-28-30-44(31-29-43)45-32-35-49(36-33-45)62(58-26-14-11-22-51(58)46-34-39-60-55(40-46)54-24-12-15-27-59(54)63-60)50-37-38-53-52-23-10-13-25-56(52)61(57(53)41-50,47-18-6-2-7-19-47)48-20-8-3-9-21-48/h1-41H. The molecular weight excluding hydrogens is 779 g/mol. The molecule has 0 amide bonds. The van der Waals surface area contributed by atoms with Crippen molar-refractivity contribution < 1.29 is 0 Å². The Morgan fingerprint density at radius 3 is 1.49 bits per heavy atom. The molecule has 0 aliphatic heterocycles. The quantitative estimate of drug-likeness (QED) is 0.148. The summed E-state index contributed by atoms with van der Waals surface area (Å²) in [6, 6.07) is 91.6. The van der Waals surface area contributed by atoms with Gasteiger partial charge in [-0.1, -0.05) is 200 Å². The molecule has 0 bridgehead atoms. The Balaban J connectivity index is 1.06. The Hall–Kier alpha value is -7.78. The minimum Gasteiger partial charge on any atom is -0.310 e. The molecule has 11 aromatic rings. The van der Waals surface area contributed by atoms with Gasteiger partial charge in [0.25, 0.3) is 0 Å². The lowest BCUT2D eigenvalue weighted by molar-refractivity contribution is 0.768. The molecule has 0 radical (unpaired) electrons. The van der Waals surface area contributed by atoms with E-state index in [1.807, 2.05) is 11.3 Å². The highest BCUT2D eigenvalue weighted by atomic mass is 32.1. The van der Waals surface area contributed by atoms with Crippen LogP contribution in [0, 0.1) is 0 Å². The average Bonchev–Trinajstić information content (AvgIpc) is 3.89. The van der Waals surface area contributed by atoms with E-state index in [4.69, 9.17) is 0 Å². The smallest absolute Gasteiger partial charge is 0.0714 e. The Bertz CT molecular complexity index is 3380. The molecule has 1 aromatic heterocycles. The molecule has 0 unspecified atom stereocenters. The van der Waals surface area contributed by atoms with Crippen LogP contribution in [0.4, 0.5) is 17.1 Å². The van der Waals surface area contributed by atoms with Gasteiger partial charge >= 0.3 is 0 Å². The molecule has 0 N–H and O–H groups in total. The number of hydrogen-bond donors (Lipinski definition) is 0. The van der Waals surface area contributed by atoms with Crippen molar-refractivity contribution in [2.75, 3.05) is 4.90 Å². The highest BCUT2D eigenvalue weighted by Crippen LogP contribution is 2.57. The number of hydrogen-bond acceptors (Lipinski definition) is 2. The third kappa shape index (κ3) is 6.14. The Morgan fingerprint density at radius 2 is 0.794 bits per heavy atom. The lowest BCUT2D eigenvalue weighted by Gasteiger charge is -2.35. The van der Waals surface area contributed by atoms with Crippen LogP contribution in [0.2, 0.25) is 0 Å². The molecule has 1 aliphatic rings. The minimum atomic E-state index is -0.517. The highest BCUT2D eigenvalue weighted by Gasteiger charge is 2.46. The van der Waals surface area contributed by atoms with Crippen LogP contribution in [0.1, 0.15) is 22.3 Å². The molecule has 63 heavy (non-hydrogen) atoms. The van der Waals surface area contributed by atoms with E-state index < -0.39 is 5.41 Å². The maximum atomic E-state index is 2.47. The van der Waals surface area contributed by atoms with Gasteiger partial charge in [-0.2, -0.15) is 0 Å². The van der Waals surface area contributed by atoms with E-state index in [2.05, 4.69) is 254 Å². The first-order valence-corrected chi connectivity index (χ1v) is 22.5. The number of rotatable bonds is 8. The van der Waals surface area contributed by atoms with Gasteiger partial charge in [0, 0.05) is 37.1 Å².